The third-order valence-electron chi connectivity index (χ3n) is 6.64. The van der Waals surface area contributed by atoms with Gasteiger partial charge in [0, 0.05) is 15.7 Å². The molecule has 1 N–H and O–H groups in total. The highest BCUT2D eigenvalue weighted by Gasteiger charge is 2.40. The standard InChI is InChI=1S/C23H30BrN5O3/c1-12(2)16-8-6-13(3)10-19(16)32-22(30)20-14(4)25-23-26-27-28-29(23)21(20)17-11-15(24)7-9-18(17)31-5/h7,9,11-13,16,19,21H,6,8,10H2,1-5H3,(H,25,26,28)/t13-,16-,19-,21-/m1/s1. The number of nitrogens with one attached hydrogen (secondary N) is 1. The molecule has 1 aliphatic carbocycles. The van der Waals surface area contributed by atoms with Crippen LogP contribution < -0.4 is 10.1 Å². The predicted octanol–water partition coefficient (Wildman–Crippen LogP) is 4.74. The highest BCUT2D eigenvalue weighted by Crippen LogP contribution is 2.41. The normalized spacial score (nSPS) is 25.3. The van der Waals surface area contributed by atoms with Gasteiger partial charge in [0.15, 0.2) is 0 Å². The summed E-state index contributed by atoms with van der Waals surface area (Å²) in [6.45, 7) is 8.50. The van der Waals surface area contributed by atoms with Gasteiger partial charge in [0.2, 0.25) is 5.95 Å². The number of carbonyl (C=O) groups excluding carboxylic acids is 1. The van der Waals surface area contributed by atoms with Gasteiger partial charge >= 0.3 is 5.97 Å². The first-order valence-electron chi connectivity index (χ1n) is 11.1. The van der Waals surface area contributed by atoms with Gasteiger partial charge in [0.1, 0.15) is 17.9 Å². The molecule has 4 rings (SSSR count). The van der Waals surface area contributed by atoms with E-state index in [0.717, 1.165) is 22.9 Å². The van der Waals surface area contributed by atoms with Crippen molar-refractivity contribution in [1.29, 1.82) is 0 Å². The second-order valence-electron chi connectivity index (χ2n) is 9.17. The van der Waals surface area contributed by atoms with Gasteiger partial charge < -0.3 is 14.8 Å². The number of anilines is 1. The van der Waals surface area contributed by atoms with Gasteiger partial charge in [-0.05, 0) is 66.1 Å². The Morgan fingerprint density at radius 1 is 1.31 bits per heavy atom. The van der Waals surface area contributed by atoms with E-state index in [-0.39, 0.29) is 12.1 Å². The van der Waals surface area contributed by atoms with E-state index in [4.69, 9.17) is 9.47 Å². The van der Waals surface area contributed by atoms with Crippen molar-refractivity contribution < 1.29 is 14.3 Å². The molecule has 0 spiro atoms. The van der Waals surface area contributed by atoms with Crippen LogP contribution in [0.1, 0.15) is 58.6 Å². The number of rotatable bonds is 5. The van der Waals surface area contributed by atoms with Crippen LogP contribution in [0.25, 0.3) is 0 Å². The molecule has 1 aliphatic heterocycles. The van der Waals surface area contributed by atoms with Crippen molar-refractivity contribution in [3.8, 4) is 5.75 Å². The van der Waals surface area contributed by atoms with E-state index < -0.39 is 6.04 Å². The number of tetrazole rings is 1. The number of benzene rings is 1. The van der Waals surface area contributed by atoms with E-state index in [1.54, 1.807) is 11.8 Å². The van der Waals surface area contributed by atoms with Crippen LogP contribution in [0.2, 0.25) is 0 Å². The van der Waals surface area contributed by atoms with E-state index in [1.807, 2.05) is 25.1 Å². The summed E-state index contributed by atoms with van der Waals surface area (Å²) in [6.07, 6.45) is 3.03. The number of allylic oxidation sites excluding steroid dienone is 1. The van der Waals surface area contributed by atoms with E-state index >= 15 is 0 Å². The monoisotopic (exact) mass is 503 g/mol. The average molecular weight is 504 g/mol. The quantitative estimate of drug-likeness (QED) is 0.589. The maximum absolute atomic E-state index is 13.7. The van der Waals surface area contributed by atoms with Crippen molar-refractivity contribution in [3.05, 3.63) is 39.5 Å². The molecule has 1 aromatic carbocycles. The van der Waals surface area contributed by atoms with Gasteiger partial charge in [-0.25, -0.2) is 4.79 Å². The first-order chi connectivity index (χ1) is 15.3. The van der Waals surface area contributed by atoms with Crippen LogP contribution in [0.4, 0.5) is 5.95 Å². The fourth-order valence-electron chi connectivity index (χ4n) is 4.93. The molecule has 8 nitrogen and oxygen atoms in total. The van der Waals surface area contributed by atoms with Gasteiger partial charge in [-0.3, -0.25) is 0 Å². The largest absolute Gasteiger partial charge is 0.496 e. The number of ether oxygens (including phenoxy) is 2. The third kappa shape index (κ3) is 4.27. The second kappa shape index (κ2) is 9.21. The average Bonchev–Trinajstić information content (AvgIpc) is 3.20. The van der Waals surface area contributed by atoms with E-state index in [2.05, 4.69) is 57.5 Å². The number of esters is 1. The summed E-state index contributed by atoms with van der Waals surface area (Å²) in [5.41, 5.74) is 1.94. The molecule has 0 radical (unpaired) electrons. The molecule has 2 aliphatic rings. The van der Waals surface area contributed by atoms with Crippen LogP contribution in [0.5, 0.6) is 5.75 Å². The topological polar surface area (TPSA) is 91.2 Å². The lowest BCUT2D eigenvalue weighted by Crippen LogP contribution is -2.38. The zero-order valence-corrected chi connectivity index (χ0v) is 20.7. The second-order valence-corrected chi connectivity index (χ2v) is 10.1. The zero-order chi connectivity index (χ0) is 23.0. The molecule has 1 fully saturated rings. The van der Waals surface area contributed by atoms with Crippen molar-refractivity contribution in [2.24, 2.45) is 17.8 Å². The highest BCUT2D eigenvalue weighted by atomic mass is 79.9. The number of carbonyl (C=O) groups is 1. The van der Waals surface area contributed by atoms with E-state index in [9.17, 15) is 4.79 Å². The molecule has 9 heteroatoms. The van der Waals surface area contributed by atoms with Crippen molar-refractivity contribution in [1.82, 2.24) is 20.2 Å². The minimum absolute atomic E-state index is 0.105. The molecular weight excluding hydrogens is 474 g/mol. The Morgan fingerprint density at radius 2 is 2.09 bits per heavy atom. The third-order valence-corrected chi connectivity index (χ3v) is 7.13. The van der Waals surface area contributed by atoms with Crippen LogP contribution in [0.3, 0.4) is 0 Å². The highest BCUT2D eigenvalue weighted by molar-refractivity contribution is 9.10. The number of methoxy groups -OCH3 is 1. The summed E-state index contributed by atoms with van der Waals surface area (Å²) in [4.78, 5) is 13.7. The van der Waals surface area contributed by atoms with Gasteiger partial charge in [0.05, 0.1) is 12.7 Å². The van der Waals surface area contributed by atoms with E-state index in [0.29, 0.717) is 40.7 Å². The Hall–Kier alpha value is -2.42. The summed E-state index contributed by atoms with van der Waals surface area (Å²) in [6, 6.07) is 5.12. The van der Waals surface area contributed by atoms with Crippen molar-refractivity contribution in [3.63, 3.8) is 0 Å². The first kappa shape index (κ1) is 22.8. The van der Waals surface area contributed by atoms with Crippen molar-refractivity contribution >= 4 is 27.8 Å². The summed E-state index contributed by atoms with van der Waals surface area (Å²) in [5, 5.41) is 15.2. The predicted molar refractivity (Wildman–Crippen MR) is 124 cm³/mol. The molecule has 1 saturated carbocycles. The molecular formula is C23H30BrN5O3. The molecule has 1 aromatic heterocycles. The Kier molecular flexibility index (Phi) is 6.55. The maximum Gasteiger partial charge on any atom is 0.338 e. The first-order valence-corrected chi connectivity index (χ1v) is 11.9. The fourth-order valence-corrected chi connectivity index (χ4v) is 5.31. The van der Waals surface area contributed by atoms with Gasteiger partial charge in [-0.15, -0.1) is 0 Å². The van der Waals surface area contributed by atoms with Crippen molar-refractivity contribution in [2.45, 2.75) is 59.1 Å². The maximum atomic E-state index is 13.7. The minimum atomic E-state index is -0.570. The summed E-state index contributed by atoms with van der Waals surface area (Å²) < 4.78 is 14.3. The lowest BCUT2D eigenvalue weighted by molar-refractivity contribution is -0.151. The van der Waals surface area contributed by atoms with Crippen molar-refractivity contribution in [2.75, 3.05) is 12.4 Å². The molecule has 2 heterocycles. The molecule has 0 bridgehead atoms. The van der Waals surface area contributed by atoms with Crippen LogP contribution in [-0.4, -0.2) is 39.4 Å². The smallest absolute Gasteiger partial charge is 0.338 e. The number of halogens is 1. The lowest BCUT2D eigenvalue weighted by atomic mass is 9.75. The molecule has 0 amide bonds. The SMILES string of the molecule is COc1ccc(Br)cc1[C@@H]1C(C(=O)O[C@@H]2C[C@H](C)CC[C@@H]2C(C)C)=C(C)Nc2nnnn21. The Morgan fingerprint density at radius 3 is 2.81 bits per heavy atom. The van der Waals surface area contributed by atoms with Gasteiger partial charge in [-0.1, -0.05) is 48.2 Å². The Bertz CT molecular complexity index is 1030. The van der Waals surface area contributed by atoms with Crippen LogP contribution in [0, 0.1) is 17.8 Å². The number of hydrogen-bond donors (Lipinski definition) is 1. The van der Waals surface area contributed by atoms with Gasteiger partial charge in [0.25, 0.3) is 0 Å². The Balaban J connectivity index is 1.74. The van der Waals surface area contributed by atoms with Crippen LogP contribution >= 0.6 is 15.9 Å². The Labute approximate surface area is 196 Å². The number of hydrogen-bond acceptors (Lipinski definition) is 7. The number of fused-ring (bicyclic) bond motifs is 1. The molecule has 4 atom stereocenters. The fraction of sp³-hybridized carbons (Fsp3) is 0.565. The van der Waals surface area contributed by atoms with Crippen LogP contribution in [0.15, 0.2) is 33.9 Å². The lowest BCUT2D eigenvalue weighted by Gasteiger charge is -2.37. The van der Waals surface area contributed by atoms with Gasteiger partial charge in [-0.2, -0.15) is 4.68 Å². The molecule has 0 unspecified atom stereocenters. The summed E-state index contributed by atoms with van der Waals surface area (Å²) >= 11 is 3.54. The molecule has 0 saturated heterocycles. The van der Waals surface area contributed by atoms with Crippen LogP contribution in [-0.2, 0) is 9.53 Å². The summed E-state index contributed by atoms with van der Waals surface area (Å²) in [5.74, 6) is 2.12. The number of nitrogens with zero attached hydrogens (tertiary/aromatic N) is 4. The molecule has 32 heavy (non-hydrogen) atoms. The zero-order valence-electron chi connectivity index (χ0n) is 19.1. The summed E-state index contributed by atoms with van der Waals surface area (Å²) in [7, 11) is 1.61. The molecule has 172 valence electrons. The molecule has 2 aromatic rings. The number of aromatic nitrogens is 4. The minimum Gasteiger partial charge on any atom is -0.496 e. The van der Waals surface area contributed by atoms with E-state index in [1.165, 1.54) is 6.42 Å².